The smallest absolute Gasteiger partial charge is 0.119 e. The standard InChI is InChI=1S/C15H24O2/c1-4-7-12-17-14-10-8-13(9-11-14)15(16,5-2)6-3/h8-11,16H,4-7,12H2,1-3H3. The quantitative estimate of drug-likeness (QED) is 0.728. The third-order valence-corrected chi connectivity index (χ3v) is 3.33. The van der Waals surface area contributed by atoms with Crippen LogP contribution in [0.1, 0.15) is 52.0 Å². The van der Waals surface area contributed by atoms with Crippen molar-refractivity contribution in [2.45, 2.75) is 52.1 Å². The van der Waals surface area contributed by atoms with E-state index in [4.69, 9.17) is 4.74 Å². The Balaban J connectivity index is 2.67. The van der Waals surface area contributed by atoms with Gasteiger partial charge in [-0.25, -0.2) is 0 Å². The van der Waals surface area contributed by atoms with E-state index in [2.05, 4.69) is 6.92 Å². The number of hydrogen-bond donors (Lipinski definition) is 1. The second-order valence-corrected chi connectivity index (χ2v) is 4.47. The molecule has 2 nitrogen and oxygen atoms in total. The summed E-state index contributed by atoms with van der Waals surface area (Å²) in [5.41, 5.74) is 0.285. The van der Waals surface area contributed by atoms with Crippen LogP contribution in [0.4, 0.5) is 0 Å². The lowest BCUT2D eigenvalue weighted by molar-refractivity contribution is 0.0283. The molecule has 17 heavy (non-hydrogen) atoms. The van der Waals surface area contributed by atoms with Crippen molar-refractivity contribution < 1.29 is 9.84 Å². The average molecular weight is 236 g/mol. The topological polar surface area (TPSA) is 29.5 Å². The number of rotatable bonds is 7. The molecule has 0 saturated heterocycles. The number of unbranched alkanes of at least 4 members (excludes halogenated alkanes) is 1. The van der Waals surface area contributed by atoms with Gasteiger partial charge in [0.05, 0.1) is 12.2 Å². The summed E-state index contributed by atoms with van der Waals surface area (Å²) in [5, 5.41) is 10.4. The molecule has 0 amide bonds. The van der Waals surface area contributed by atoms with Gasteiger partial charge < -0.3 is 9.84 Å². The van der Waals surface area contributed by atoms with E-state index in [9.17, 15) is 5.11 Å². The van der Waals surface area contributed by atoms with E-state index in [1.54, 1.807) is 0 Å². The Bertz CT molecular complexity index is 312. The average Bonchev–Trinajstić information content (AvgIpc) is 2.39. The summed E-state index contributed by atoms with van der Waals surface area (Å²) in [4.78, 5) is 0. The highest BCUT2D eigenvalue weighted by Crippen LogP contribution is 2.29. The molecule has 0 aliphatic carbocycles. The highest BCUT2D eigenvalue weighted by Gasteiger charge is 2.24. The van der Waals surface area contributed by atoms with Crippen molar-refractivity contribution in [2.24, 2.45) is 0 Å². The minimum atomic E-state index is -0.693. The first-order chi connectivity index (χ1) is 8.16. The molecule has 0 saturated carbocycles. The Labute approximate surface area is 105 Å². The molecule has 0 bridgehead atoms. The van der Waals surface area contributed by atoms with E-state index >= 15 is 0 Å². The van der Waals surface area contributed by atoms with Gasteiger partial charge in [0.1, 0.15) is 5.75 Å². The largest absolute Gasteiger partial charge is 0.494 e. The highest BCUT2D eigenvalue weighted by atomic mass is 16.5. The van der Waals surface area contributed by atoms with Crippen LogP contribution in [-0.4, -0.2) is 11.7 Å². The molecule has 1 N–H and O–H groups in total. The van der Waals surface area contributed by atoms with Crippen LogP contribution in [0.3, 0.4) is 0 Å². The van der Waals surface area contributed by atoms with Crippen LogP contribution < -0.4 is 4.74 Å². The normalized spacial score (nSPS) is 11.5. The van der Waals surface area contributed by atoms with E-state index < -0.39 is 5.60 Å². The molecule has 0 aliphatic rings. The first-order valence-corrected chi connectivity index (χ1v) is 6.62. The zero-order chi connectivity index (χ0) is 12.7. The Morgan fingerprint density at radius 1 is 1.06 bits per heavy atom. The summed E-state index contributed by atoms with van der Waals surface area (Å²) in [6.07, 6.45) is 3.69. The predicted molar refractivity (Wildman–Crippen MR) is 71.3 cm³/mol. The van der Waals surface area contributed by atoms with Crippen LogP contribution in [-0.2, 0) is 5.60 Å². The van der Waals surface area contributed by atoms with Crippen molar-refractivity contribution in [1.82, 2.24) is 0 Å². The lowest BCUT2D eigenvalue weighted by Gasteiger charge is -2.25. The molecule has 96 valence electrons. The Kier molecular flexibility index (Phi) is 5.49. The van der Waals surface area contributed by atoms with Gasteiger partial charge >= 0.3 is 0 Å². The zero-order valence-electron chi connectivity index (χ0n) is 11.2. The van der Waals surface area contributed by atoms with Gasteiger partial charge in [0, 0.05) is 0 Å². The first kappa shape index (κ1) is 14.0. The maximum Gasteiger partial charge on any atom is 0.119 e. The van der Waals surface area contributed by atoms with Gasteiger partial charge in [0.15, 0.2) is 0 Å². The molecule has 0 fully saturated rings. The van der Waals surface area contributed by atoms with Crippen molar-refractivity contribution in [3.63, 3.8) is 0 Å². The third kappa shape index (κ3) is 3.74. The summed E-state index contributed by atoms with van der Waals surface area (Å²) >= 11 is 0. The fraction of sp³-hybridized carbons (Fsp3) is 0.600. The SMILES string of the molecule is CCCCOc1ccc(C(O)(CC)CC)cc1. The molecule has 0 aliphatic heterocycles. The van der Waals surface area contributed by atoms with E-state index in [0.29, 0.717) is 0 Å². The maximum absolute atomic E-state index is 10.4. The minimum Gasteiger partial charge on any atom is -0.494 e. The lowest BCUT2D eigenvalue weighted by Crippen LogP contribution is -2.23. The molecule has 0 atom stereocenters. The Hall–Kier alpha value is -1.02. The van der Waals surface area contributed by atoms with Gasteiger partial charge in [-0.3, -0.25) is 0 Å². The van der Waals surface area contributed by atoms with Gasteiger partial charge in [-0.15, -0.1) is 0 Å². The van der Waals surface area contributed by atoms with Crippen molar-refractivity contribution in [2.75, 3.05) is 6.61 Å². The Morgan fingerprint density at radius 3 is 2.12 bits per heavy atom. The molecule has 0 heterocycles. The molecule has 0 unspecified atom stereocenters. The molecular formula is C15H24O2. The van der Waals surface area contributed by atoms with Crippen molar-refractivity contribution in [3.8, 4) is 5.75 Å². The third-order valence-electron chi connectivity index (χ3n) is 3.33. The molecule has 0 spiro atoms. The molecule has 1 rings (SSSR count). The van der Waals surface area contributed by atoms with Crippen LogP contribution in [0, 0.1) is 0 Å². The summed E-state index contributed by atoms with van der Waals surface area (Å²) in [7, 11) is 0. The Morgan fingerprint density at radius 2 is 1.65 bits per heavy atom. The lowest BCUT2D eigenvalue weighted by atomic mass is 9.89. The van der Waals surface area contributed by atoms with Gasteiger partial charge in [-0.05, 0) is 37.0 Å². The summed E-state index contributed by atoms with van der Waals surface area (Å²) < 4.78 is 5.60. The number of ether oxygens (including phenoxy) is 1. The van der Waals surface area contributed by atoms with Crippen molar-refractivity contribution in [3.05, 3.63) is 29.8 Å². The molecule has 2 heteroatoms. The zero-order valence-corrected chi connectivity index (χ0v) is 11.2. The summed E-state index contributed by atoms with van der Waals surface area (Å²) in [6.45, 7) is 6.93. The molecular weight excluding hydrogens is 212 g/mol. The second-order valence-electron chi connectivity index (χ2n) is 4.47. The van der Waals surface area contributed by atoms with Crippen molar-refractivity contribution in [1.29, 1.82) is 0 Å². The fourth-order valence-electron chi connectivity index (χ4n) is 1.85. The maximum atomic E-state index is 10.4. The van der Waals surface area contributed by atoms with Crippen LogP contribution in [0.15, 0.2) is 24.3 Å². The van der Waals surface area contributed by atoms with Crippen LogP contribution >= 0.6 is 0 Å². The van der Waals surface area contributed by atoms with E-state index in [-0.39, 0.29) is 0 Å². The molecule has 0 aromatic heterocycles. The van der Waals surface area contributed by atoms with Crippen LogP contribution in [0.25, 0.3) is 0 Å². The van der Waals surface area contributed by atoms with Crippen LogP contribution in [0.5, 0.6) is 5.75 Å². The number of hydrogen-bond acceptors (Lipinski definition) is 2. The van der Waals surface area contributed by atoms with Crippen molar-refractivity contribution >= 4 is 0 Å². The number of benzene rings is 1. The van der Waals surface area contributed by atoms with Gasteiger partial charge in [-0.1, -0.05) is 39.3 Å². The molecule has 1 aromatic rings. The number of aliphatic hydroxyl groups is 1. The fourth-order valence-corrected chi connectivity index (χ4v) is 1.85. The summed E-state index contributed by atoms with van der Waals surface area (Å²) in [6, 6.07) is 7.82. The van der Waals surface area contributed by atoms with Gasteiger partial charge in [-0.2, -0.15) is 0 Å². The monoisotopic (exact) mass is 236 g/mol. The minimum absolute atomic E-state index is 0.693. The van der Waals surface area contributed by atoms with E-state index in [1.807, 2.05) is 38.1 Å². The first-order valence-electron chi connectivity index (χ1n) is 6.62. The van der Waals surface area contributed by atoms with Crippen LogP contribution in [0.2, 0.25) is 0 Å². The second kappa shape index (κ2) is 6.65. The van der Waals surface area contributed by atoms with Gasteiger partial charge in [0.25, 0.3) is 0 Å². The molecule has 0 radical (unpaired) electrons. The van der Waals surface area contributed by atoms with Gasteiger partial charge in [0.2, 0.25) is 0 Å². The predicted octanol–water partition coefficient (Wildman–Crippen LogP) is 3.87. The molecule has 1 aromatic carbocycles. The highest BCUT2D eigenvalue weighted by molar-refractivity contribution is 5.30. The summed E-state index contributed by atoms with van der Waals surface area (Å²) in [5.74, 6) is 0.886. The van der Waals surface area contributed by atoms with E-state index in [1.165, 1.54) is 0 Å². The van der Waals surface area contributed by atoms with E-state index in [0.717, 1.165) is 43.6 Å².